The molecule has 1 fully saturated rings. The lowest BCUT2D eigenvalue weighted by Gasteiger charge is -2.43. The van der Waals surface area contributed by atoms with Crippen molar-refractivity contribution in [2.45, 2.75) is 52.8 Å². The lowest BCUT2D eigenvalue weighted by atomic mass is 9.84. The van der Waals surface area contributed by atoms with Crippen LogP contribution in [-0.2, 0) is 30.4 Å². The Labute approximate surface area is 158 Å². The summed E-state index contributed by atoms with van der Waals surface area (Å²) in [5.74, 6) is -0.753. The Morgan fingerprint density at radius 2 is 1.89 bits per heavy atom. The highest BCUT2D eigenvalue weighted by Gasteiger charge is 2.45. The van der Waals surface area contributed by atoms with E-state index in [1.807, 2.05) is 13.8 Å². The molecule has 1 aliphatic rings. The van der Waals surface area contributed by atoms with E-state index in [1.165, 1.54) is 13.8 Å². The van der Waals surface area contributed by atoms with Crippen molar-refractivity contribution in [1.29, 1.82) is 0 Å². The van der Waals surface area contributed by atoms with Crippen LogP contribution < -0.4 is 10.5 Å². The van der Waals surface area contributed by atoms with E-state index in [9.17, 15) is 14.7 Å². The zero-order valence-corrected chi connectivity index (χ0v) is 16.0. The minimum absolute atomic E-state index is 0.0592. The van der Waals surface area contributed by atoms with Crippen LogP contribution in [0.1, 0.15) is 33.3 Å². The molecule has 2 rings (SSSR count). The van der Waals surface area contributed by atoms with Crippen LogP contribution in [0.15, 0.2) is 18.2 Å². The molecule has 150 valence electrons. The van der Waals surface area contributed by atoms with Crippen molar-refractivity contribution in [3.05, 3.63) is 23.8 Å². The molecule has 1 saturated heterocycles. The zero-order chi connectivity index (χ0) is 20.1. The molecule has 5 atom stereocenters. The minimum atomic E-state index is -0.691. The Morgan fingerprint density at radius 1 is 1.19 bits per heavy atom. The highest BCUT2D eigenvalue weighted by molar-refractivity contribution is 5.66. The van der Waals surface area contributed by atoms with Gasteiger partial charge < -0.3 is 29.8 Å². The monoisotopic (exact) mass is 381 g/mol. The molecule has 8 heteroatoms. The number of rotatable bonds is 6. The number of aliphatic hydroxyl groups excluding tert-OH is 1. The lowest BCUT2D eigenvalue weighted by Crippen LogP contribution is -2.54. The summed E-state index contributed by atoms with van der Waals surface area (Å²) in [7, 11) is 0. The van der Waals surface area contributed by atoms with Gasteiger partial charge in [0.25, 0.3) is 0 Å². The van der Waals surface area contributed by atoms with Crippen LogP contribution in [0.3, 0.4) is 0 Å². The van der Waals surface area contributed by atoms with Gasteiger partial charge in [0.2, 0.25) is 6.29 Å². The Bertz CT molecular complexity index is 678. The van der Waals surface area contributed by atoms with Gasteiger partial charge >= 0.3 is 11.9 Å². The van der Waals surface area contributed by atoms with E-state index < -0.39 is 30.4 Å². The van der Waals surface area contributed by atoms with E-state index in [4.69, 9.17) is 24.7 Å². The Kier molecular flexibility index (Phi) is 7.04. The zero-order valence-electron chi connectivity index (χ0n) is 16.0. The van der Waals surface area contributed by atoms with Crippen LogP contribution >= 0.6 is 0 Å². The summed E-state index contributed by atoms with van der Waals surface area (Å²) in [6.45, 7) is 6.26. The molecule has 0 aliphatic carbocycles. The van der Waals surface area contributed by atoms with Crippen LogP contribution in [0.25, 0.3) is 0 Å². The average Bonchev–Trinajstić information content (AvgIpc) is 2.61. The molecule has 0 bridgehead atoms. The third kappa shape index (κ3) is 5.33. The Balaban J connectivity index is 2.21. The molecular weight excluding hydrogens is 354 g/mol. The van der Waals surface area contributed by atoms with Gasteiger partial charge in [0.15, 0.2) is 0 Å². The molecule has 0 amide bonds. The fourth-order valence-electron chi connectivity index (χ4n) is 3.01. The first-order valence-corrected chi connectivity index (χ1v) is 8.84. The van der Waals surface area contributed by atoms with Crippen LogP contribution in [0.4, 0.5) is 5.69 Å². The normalized spacial score (nSPS) is 27.7. The second kappa shape index (κ2) is 9.05. The molecule has 0 unspecified atom stereocenters. The summed E-state index contributed by atoms with van der Waals surface area (Å²) in [5, 5.41) is 9.31. The van der Waals surface area contributed by atoms with E-state index in [2.05, 4.69) is 0 Å². The highest BCUT2D eigenvalue weighted by Crippen LogP contribution is 2.35. The molecule has 0 saturated carbocycles. The van der Waals surface area contributed by atoms with Crippen LogP contribution in [0, 0.1) is 11.8 Å². The summed E-state index contributed by atoms with van der Waals surface area (Å²) in [6, 6.07) is 5.00. The van der Waals surface area contributed by atoms with Crippen LogP contribution in [0.5, 0.6) is 5.75 Å². The predicted octanol–water partition coefficient (Wildman–Crippen LogP) is 1.63. The molecule has 0 aromatic heterocycles. The summed E-state index contributed by atoms with van der Waals surface area (Å²) in [6.07, 6.45) is -1.93. The van der Waals surface area contributed by atoms with E-state index in [0.717, 1.165) is 0 Å². The number of hydrogen-bond acceptors (Lipinski definition) is 8. The standard InChI is InChI=1S/C19H27NO7/c1-10-11(2)19(26-16-7-14(8-21)5-6-15(16)20)27-17(9-24-12(3)22)18(10)25-13(4)23/h5-7,10-11,17-19,21H,8-9,20H2,1-4H3/t10-,11-,17-,18+,19-/m1/s1. The molecular formula is C19H27NO7. The van der Waals surface area contributed by atoms with Gasteiger partial charge in [0.05, 0.1) is 12.3 Å². The number of benzene rings is 1. The van der Waals surface area contributed by atoms with Crippen molar-refractivity contribution in [3.63, 3.8) is 0 Å². The van der Waals surface area contributed by atoms with E-state index in [-0.39, 0.29) is 25.0 Å². The number of aliphatic hydroxyl groups is 1. The molecule has 1 heterocycles. The highest BCUT2D eigenvalue weighted by atomic mass is 16.7. The van der Waals surface area contributed by atoms with Gasteiger partial charge in [-0.25, -0.2) is 0 Å². The number of hydrogen-bond donors (Lipinski definition) is 2. The average molecular weight is 381 g/mol. The number of carbonyl (C=O) groups is 2. The third-order valence-electron chi connectivity index (χ3n) is 4.71. The Morgan fingerprint density at radius 3 is 2.48 bits per heavy atom. The number of ether oxygens (including phenoxy) is 4. The lowest BCUT2D eigenvalue weighted by molar-refractivity contribution is -0.247. The predicted molar refractivity (Wildman–Crippen MR) is 96.6 cm³/mol. The number of nitrogens with two attached hydrogens (primary N) is 1. The molecule has 27 heavy (non-hydrogen) atoms. The number of nitrogen functional groups attached to an aromatic ring is 1. The molecule has 1 aromatic rings. The van der Waals surface area contributed by atoms with Crippen molar-refractivity contribution in [3.8, 4) is 5.75 Å². The van der Waals surface area contributed by atoms with Gasteiger partial charge in [-0.15, -0.1) is 0 Å². The Hall–Kier alpha value is -2.32. The topological polar surface area (TPSA) is 117 Å². The van der Waals surface area contributed by atoms with Crippen LogP contribution in [-0.4, -0.2) is 42.1 Å². The van der Waals surface area contributed by atoms with Crippen molar-refractivity contribution in [1.82, 2.24) is 0 Å². The second-order valence-corrected chi connectivity index (χ2v) is 6.79. The number of anilines is 1. The fourth-order valence-corrected chi connectivity index (χ4v) is 3.01. The van der Waals surface area contributed by atoms with Gasteiger partial charge in [-0.05, 0) is 17.7 Å². The summed E-state index contributed by atoms with van der Waals surface area (Å²) >= 11 is 0. The van der Waals surface area contributed by atoms with Crippen LogP contribution in [0.2, 0.25) is 0 Å². The first kappa shape index (κ1) is 21.0. The fraction of sp³-hybridized carbons (Fsp3) is 0.579. The molecule has 3 N–H and O–H groups in total. The summed E-state index contributed by atoms with van der Waals surface area (Å²) < 4.78 is 22.4. The van der Waals surface area contributed by atoms with Crippen molar-refractivity contribution in [2.75, 3.05) is 12.3 Å². The maximum absolute atomic E-state index is 11.5. The minimum Gasteiger partial charge on any atom is -0.463 e. The summed E-state index contributed by atoms with van der Waals surface area (Å²) in [5.41, 5.74) is 7.04. The van der Waals surface area contributed by atoms with Gasteiger partial charge in [-0.2, -0.15) is 0 Å². The van der Waals surface area contributed by atoms with Crippen molar-refractivity contribution >= 4 is 17.6 Å². The van der Waals surface area contributed by atoms with Gasteiger partial charge in [-0.1, -0.05) is 19.9 Å². The second-order valence-electron chi connectivity index (χ2n) is 6.79. The molecule has 1 aliphatic heterocycles. The SMILES string of the molecule is CC(=O)OC[C@H]1O[C@@H](Oc2cc(CO)ccc2N)[C@H](C)[C@@H](C)[C@@H]1OC(C)=O. The molecule has 0 radical (unpaired) electrons. The van der Waals surface area contributed by atoms with E-state index in [0.29, 0.717) is 17.0 Å². The first-order chi connectivity index (χ1) is 12.7. The van der Waals surface area contributed by atoms with Gasteiger partial charge in [0.1, 0.15) is 24.6 Å². The number of carbonyl (C=O) groups excluding carboxylic acids is 2. The number of esters is 2. The largest absolute Gasteiger partial charge is 0.463 e. The van der Waals surface area contributed by atoms with E-state index in [1.54, 1.807) is 18.2 Å². The third-order valence-corrected chi connectivity index (χ3v) is 4.71. The first-order valence-electron chi connectivity index (χ1n) is 8.84. The quantitative estimate of drug-likeness (QED) is 0.564. The molecule has 0 spiro atoms. The van der Waals surface area contributed by atoms with Gasteiger partial charge in [0, 0.05) is 25.7 Å². The van der Waals surface area contributed by atoms with E-state index >= 15 is 0 Å². The molecule has 8 nitrogen and oxygen atoms in total. The summed E-state index contributed by atoms with van der Waals surface area (Å²) in [4.78, 5) is 22.7. The smallest absolute Gasteiger partial charge is 0.303 e. The van der Waals surface area contributed by atoms with Crippen molar-refractivity contribution < 1.29 is 33.6 Å². The maximum Gasteiger partial charge on any atom is 0.303 e. The van der Waals surface area contributed by atoms with Crippen molar-refractivity contribution in [2.24, 2.45) is 11.8 Å². The maximum atomic E-state index is 11.5. The van der Waals surface area contributed by atoms with Gasteiger partial charge in [-0.3, -0.25) is 9.59 Å². The molecule has 1 aromatic carbocycles.